The van der Waals surface area contributed by atoms with Crippen molar-refractivity contribution in [2.75, 3.05) is 35.7 Å². The predicted octanol–water partition coefficient (Wildman–Crippen LogP) is 6.73. The molecule has 2 heterocycles. The summed E-state index contributed by atoms with van der Waals surface area (Å²) in [5.74, 6) is -0.147. The first-order valence-electron chi connectivity index (χ1n) is 13.1. The van der Waals surface area contributed by atoms with Crippen LogP contribution in [0.25, 0.3) is 0 Å². The molecule has 0 unspecified atom stereocenters. The van der Waals surface area contributed by atoms with Gasteiger partial charge in [-0.1, -0.05) is 42.1 Å². The maximum atomic E-state index is 14.0. The largest absolute Gasteiger partial charge is 0.450 e. The molecule has 1 saturated heterocycles. The molecule has 1 fully saturated rings. The van der Waals surface area contributed by atoms with Gasteiger partial charge >= 0.3 is 6.09 Å². The number of nitriles is 1. The number of nitrogens with one attached hydrogen (secondary N) is 2. The number of anilines is 3. The molecule has 41 heavy (non-hydrogen) atoms. The average Bonchev–Trinajstić information content (AvgIpc) is 3.45. The Morgan fingerprint density at radius 1 is 1.07 bits per heavy atom. The van der Waals surface area contributed by atoms with Gasteiger partial charge in [-0.05, 0) is 67.6 Å². The Balaban J connectivity index is 1.53. The number of hydrogen-bond donors (Lipinski definition) is 2. The van der Waals surface area contributed by atoms with Crippen LogP contribution >= 0.6 is 23.5 Å². The van der Waals surface area contributed by atoms with Crippen LogP contribution < -0.4 is 15.5 Å². The van der Waals surface area contributed by atoms with Gasteiger partial charge in [-0.15, -0.1) is 0 Å². The Kier molecular flexibility index (Phi) is 8.52. The second-order valence-corrected chi connectivity index (χ2v) is 11.1. The second-order valence-electron chi connectivity index (χ2n) is 9.07. The maximum Gasteiger partial charge on any atom is 0.411 e. The molecular weight excluding hydrogens is 557 g/mol. The topological polar surface area (TPSA) is 110 Å². The highest BCUT2D eigenvalue weighted by Gasteiger charge is 2.39. The fourth-order valence-electron chi connectivity index (χ4n) is 4.38. The number of nitrogens with zero attached hydrogens (tertiary/aromatic N) is 4. The molecule has 2 N–H and O–H groups in total. The summed E-state index contributed by atoms with van der Waals surface area (Å²) in [4.78, 5) is 36.0. The van der Waals surface area contributed by atoms with E-state index in [1.165, 1.54) is 23.5 Å². The molecule has 208 valence electrons. The van der Waals surface area contributed by atoms with Crippen LogP contribution in [0.15, 0.2) is 86.6 Å². The van der Waals surface area contributed by atoms with Crippen molar-refractivity contribution in [2.45, 2.75) is 25.3 Å². The molecule has 2 aliphatic heterocycles. The van der Waals surface area contributed by atoms with Crippen LogP contribution in [0, 0.1) is 11.3 Å². The molecule has 2 amide bonds. The second kappa shape index (κ2) is 12.4. The monoisotopic (exact) mass is 584 g/mol. The maximum absolute atomic E-state index is 14.0. The van der Waals surface area contributed by atoms with Crippen LogP contribution in [-0.4, -0.2) is 42.3 Å². The molecule has 9 nitrogen and oxygen atoms in total. The van der Waals surface area contributed by atoms with E-state index >= 15 is 0 Å². The predicted molar refractivity (Wildman–Crippen MR) is 165 cm³/mol. The summed E-state index contributed by atoms with van der Waals surface area (Å²) >= 11 is 2.79. The van der Waals surface area contributed by atoms with E-state index in [1.807, 2.05) is 73.5 Å². The minimum atomic E-state index is -0.515. The Morgan fingerprint density at radius 2 is 1.88 bits per heavy atom. The molecule has 0 aromatic heterocycles. The zero-order valence-electron chi connectivity index (χ0n) is 22.8. The lowest BCUT2D eigenvalue weighted by atomic mass is 10.2. The van der Waals surface area contributed by atoms with Gasteiger partial charge in [0, 0.05) is 24.2 Å². The van der Waals surface area contributed by atoms with Crippen molar-refractivity contribution in [1.29, 1.82) is 5.26 Å². The quantitative estimate of drug-likeness (QED) is 0.294. The van der Waals surface area contributed by atoms with Gasteiger partial charge in [0.05, 0.1) is 46.9 Å². The van der Waals surface area contributed by atoms with E-state index in [0.717, 1.165) is 26.9 Å². The lowest BCUT2D eigenvalue weighted by molar-refractivity contribution is -0.122. The molecule has 2 aliphatic rings. The molecular formula is C30H28N6O3S2. The minimum Gasteiger partial charge on any atom is -0.450 e. The van der Waals surface area contributed by atoms with Gasteiger partial charge in [-0.2, -0.15) is 5.26 Å². The van der Waals surface area contributed by atoms with E-state index in [4.69, 9.17) is 9.73 Å². The summed E-state index contributed by atoms with van der Waals surface area (Å²) in [7, 11) is 1.92. The van der Waals surface area contributed by atoms with Gasteiger partial charge < -0.3 is 15.0 Å². The van der Waals surface area contributed by atoms with Gasteiger partial charge in [-0.3, -0.25) is 15.0 Å². The first-order chi connectivity index (χ1) is 19.9. The minimum absolute atomic E-state index is 0.147. The third-order valence-corrected chi connectivity index (χ3v) is 8.72. The Bertz CT molecular complexity index is 1600. The molecule has 0 saturated carbocycles. The Morgan fingerprint density at radius 3 is 2.61 bits per heavy atom. The van der Waals surface area contributed by atoms with Crippen LogP contribution in [0.5, 0.6) is 0 Å². The first kappa shape index (κ1) is 28.1. The standard InChI is InChI=1S/C30H28N6O3S2/c1-4-32-22-13-11-20(17-31)15-23(22)34-29-36(18-19-9-7-6-8-10-19)27(37)26(41-29)28-35(3)24-14-12-21(16-25(24)40-28)33-30(38)39-5-2/h6-16,32H,4-5,18H2,1-3H3,(H,33,38)/b28-26-,34-29+. The SMILES string of the molecule is CCNc1ccc(C#N)cc1/N=C1/S/C(=C2\Sc3cc(NC(=O)OCC)ccc3N2C)C(=O)N1Cc1ccccc1. The highest BCUT2D eigenvalue weighted by molar-refractivity contribution is 8.19. The van der Waals surface area contributed by atoms with Gasteiger partial charge in [0.1, 0.15) is 4.91 Å². The van der Waals surface area contributed by atoms with Crippen LogP contribution in [0.4, 0.5) is 27.5 Å². The number of aliphatic imine (C=N–C) groups is 1. The smallest absolute Gasteiger partial charge is 0.411 e. The van der Waals surface area contributed by atoms with Crippen molar-refractivity contribution < 1.29 is 14.3 Å². The summed E-state index contributed by atoms with van der Waals surface area (Å²) in [6.07, 6.45) is -0.515. The molecule has 3 aromatic carbocycles. The summed E-state index contributed by atoms with van der Waals surface area (Å²) in [6.45, 7) is 5.06. The van der Waals surface area contributed by atoms with E-state index in [2.05, 4.69) is 16.7 Å². The van der Waals surface area contributed by atoms with Crippen molar-refractivity contribution in [3.63, 3.8) is 0 Å². The molecule has 0 radical (unpaired) electrons. The highest BCUT2D eigenvalue weighted by atomic mass is 32.2. The van der Waals surface area contributed by atoms with Crippen molar-refractivity contribution in [3.05, 3.63) is 87.8 Å². The van der Waals surface area contributed by atoms with Crippen LogP contribution in [0.2, 0.25) is 0 Å². The van der Waals surface area contributed by atoms with Crippen molar-refractivity contribution in [1.82, 2.24) is 4.90 Å². The number of hydrogen-bond acceptors (Lipinski definition) is 9. The number of amides is 2. The zero-order valence-corrected chi connectivity index (χ0v) is 24.4. The lowest BCUT2D eigenvalue weighted by Crippen LogP contribution is -2.29. The average molecular weight is 585 g/mol. The number of amidine groups is 1. The van der Waals surface area contributed by atoms with Crippen LogP contribution in [0.1, 0.15) is 25.0 Å². The normalized spacial score (nSPS) is 17.0. The Labute approximate surface area is 247 Å². The summed E-state index contributed by atoms with van der Waals surface area (Å²) in [5, 5.41) is 16.8. The molecule has 0 atom stereocenters. The van der Waals surface area contributed by atoms with E-state index < -0.39 is 6.09 Å². The summed E-state index contributed by atoms with van der Waals surface area (Å²) < 4.78 is 5.00. The fraction of sp³-hybridized carbons (Fsp3) is 0.200. The molecule has 11 heteroatoms. The lowest BCUT2D eigenvalue weighted by Gasteiger charge is -2.17. The number of thioether (sulfide) groups is 2. The van der Waals surface area contributed by atoms with Crippen LogP contribution in [0.3, 0.4) is 0 Å². The third-order valence-electron chi connectivity index (χ3n) is 6.31. The Hall–Kier alpha value is -4.40. The van der Waals surface area contributed by atoms with Gasteiger partial charge in [0.25, 0.3) is 5.91 Å². The van der Waals surface area contributed by atoms with Crippen molar-refractivity contribution >= 4 is 63.4 Å². The molecule has 0 aliphatic carbocycles. The number of carbonyl (C=O) groups is 2. The number of carbonyl (C=O) groups excluding carboxylic acids is 2. The van der Waals surface area contributed by atoms with Gasteiger partial charge in [-0.25, -0.2) is 9.79 Å². The van der Waals surface area contributed by atoms with E-state index in [-0.39, 0.29) is 12.5 Å². The van der Waals surface area contributed by atoms with Gasteiger partial charge in [0.2, 0.25) is 0 Å². The van der Waals surface area contributed by atoms with E-state index in [1.54, 1.807) is 24.0 Å². The number of ether oxygens (including phenoxy) is 1. The third kappa shape index (κ3) is 6.04. The highest BCUT2D eigenvalue weighted by Crippen LogP contribution is 2.51. The van der Waals surface area contributed by atoms with Gasteiger partial charge in [0.15, 0.2) is 5.17 Å². The fourth-order valence-corrected chi connectivity index (χ4v) is 6.75. The number of rotatable bonds is 7. The molecule has 0 bridgehead atoms. The summed E-state index contributed by atoms with van der Waals surface area (Å²) in [6, 6.07) is 22.9. The van der Waals surface area contributed by atoms with E-state index in [9.17, 15) is 14.9 Å². The number of benzene rings is 3. The molecule has 0 spiro atoms. The molecule has 3 aromatic rings. The summed E-state index contributed by atoms with van der Waals surface area (Å²) in [5.41, 5.74) is 4.38. The van der Waals surface area contributed by atoms with Crippen molar-refractivity contribution in [2.24, 2.45) is 4.99 Å². The molecule has 5 rings (SSSR count). The zero-order chi connectivity index (χ0) is 28.9. The van der Waals surface area contributed by atoms with Crippen molar-refractivity contribution in [3.8, 4) is 6.07 Å². The number of fused-ring (bicyclic) bond motifs is 1. The van der Waals surface area contributed by atoms with E-state index in [0.29, 0.717) is 40.1 Å². The first-order valence-corrected chi connectivity index (χ1v) is 14.7. The van der Waals surface area contributed by atoms with Crippen LogP contribution in [-0.2, 0) is 16.1 Å².